The first kappa shape index (κ1) is 19.5. The highest BCUT2D eigenvalue weighted by atomic mass is 19.1. The standard InChI is InChI=1S/C19H19FN8O2/c1-30-19(29)24-14-15(21)25-17(26-16(14)22)13-11-6-4-8-23-18(11)28(27-13)9-10-5-2-3-7-12(10)20/h2-8,19,24,29H,9H2,1H3,(H4,21,22,25,26). The summed E-state index contributed by atoms with van der Waals surface area (Å²) < 4.78 is 20.4. The van der Waals surface area contributed by atoms with Crippen LogP contribution in [0.5, 0.6) is 0 Å². The predicted octanol–water partition coefficient (Wildman–Crippen LogP) is 1.57. The SMILES string of the molecule is COC(O)Nc1c(N)nc(-c2nn(Cc3ccccc3F)c3ncccc23)nc1N. The van der Waals surface area contributed by atoms with E-state index in [2.05, 4.69) is 25.4 Å². The minimum atomic E-state index is -1.32. The van der Waals surface area contributed by atoms with Gasteiger partial charge in [-0.2, -0.15) is 5.10 Å². The van der Waals surface area contributed by atoms with Gasteiger partial charge in [0.1, 0.15) is 17.2 Å². The first-order valence-electron chi connectivity index (χ1n) is 8.93. The lowest BCUT2D eigenvalue weighted by molar-refractivity contribution is -0.0509. The number of nitrogens with two attached hydrogens (primary N) is 2. The van der Waals surface area contributed by atoms with E-state index in [-0.39, 0.29) is 35.5 Å². The van der Waals surface area contributed by atoms with Gasteiger partial charge in [-0.25, -0.2) is 24.0 Å². The van der Waals surface area contributed by atoms with Gasteiger partial charge in [0.05, 0.1) is 11.9 Å². The predicted molar refractivity (Wildman–Crippen MR) is 110 cm³/mol. The largest absolute Gasteiger partial charge is 0.382 e. The van der Waals surface area contributed by atoms with E-state index in [1.807, 2.05) is 0 Å². The lowest BCUT2D eigenvalue weighted by Crippen LogP contribution is -2.23. The number of anilines is 3. The highest BCUT2D eigenvalue weighted by molar-refractivity contribution is 5.90. The summed E-state index contributed by atoms with van der Waals surface area (Å²) in [5.41, 5.74) is 13.5. The number of hydrogen-bond donors (Lipinski definition) is 4. The molecule has 0 aliphatic carbocycles. The number of nitrogen functional groups attached to an aromatic ring is 2. The number of nitrogens with zero attached hydrogens (tertiary/aromatic N) is 5. The molecular weight excluding hydrogens is 391 g/mol. The fraction of sp³-hybridized carbons (Fsp3) is 0.158. The topological polar surface area (TPSA) is 150 Å². The number of ether oxygens (including phenoxy) is 1. The molecule has 3 heterocycles. The van der Waals surface area contributed by atoms with Gasteiger partial charge in [0.25, 0.3) is 0 Å². The average molecular weight is 410 g/mol. The third-order valence-corrected chi connectivity index (χ3v) is 4.45. The van der Waals surface area contributed by atoms with Gasteiger partial charge < -0.3 is 26.6 Å². The number of aromatic nitrogens is 5. The number of rotatable bonds is 6. The number of benzene rings is 1. The molecule has 11 heteroatoms. The van der Waals surface area contributed by atoms with Crippen molar-refractivity contribution in [1.29, 1.82) is 0 Å². The second-order valence-electron chi connectivity index (χ2n) is 6.40. The summed E-state index contributed by atoms with van der Waals surface area (Å²) in [4.78, 5) is 12.9. The van der Waals surface area contributed by atoms with Crippen molar-refractivity contribution in [3.05, 3.63) is 54.0 Å². The summed E-state index contributed by atoms with van der Waals surface area (Å²) in [6.07, 6.45) is 0.294. The van der Waals surface area contributed by atoms with Crippen molar-refractivity contribution in [1.82, 2.24) is 24.7 Å². The van der Waals surface area contributed by atoms with Crippen molar-refractivity contribution < 1.29 is 14.2 Å². The maximum absolute atomic E-state index is 14.1. The van der Waals surface area contributed by atoms with Gasteiger partial charge in [-0.05, 0) is 18.2 Å². The maximum atomic E-state index is 14.1. The third kappa shape index (κ3) is 3.58. The minimum absolute atomic E-state index is 0.00861. The zero-order valence-corrected chi connectivity index (χ0v) is 16.0. The molecule has 1 aromatic carbocycles. The van der Waals surface area contributed by atoms with Crippen molar-refractivity contribution >= 4 is 28.4 Å². The Bertz CT molecular complexity index is 1190. The Labute approximate surface area is 170 Å². The van der Waals surface area contributed by atoms with Crippen LogP contribution in [0.25, 0.3) is 22.6 Å². The van der Waals surface area contributed by atoms with E-state index in [4.69, 9.17) is 16.2 Å². The highest BCUT2D eigenvalue weighted by Crippen LogP contribution is 2.30. The van der Waals surface area contributed by atoms with Crippen LogP contribution in [0.3, 0.4) is 0 Å². The maximum Gasteiger partial charge on any atom is 0.235 e. The van der Waals surface area contributed by atoms with Crippen molar-refractivity contribution in [2.45, 2.75) is 13.0 Å². The van der Waals surface area contributed by atoms with Crippen molar-refractivity contribution in [2.75, 3.05) is 23.9 Å². The number of pyridine rings is 1. The van der Waals surface area contributed by atoms with E-state index >= 15 is 0 Å². The molecule has 3 aromatic heterocycles. The van der Waals surface area contributed by atoms with Gasteiger partial charge in [0, 0.05) is 18.9 Å². The number of fused-ring (bicyclic) bond motifs is 1. The lowest BCUT2D eigenvalue weighted by atomic mass is 10.2. The quantitative estimate of drug-likeness (QED) is 0.347. The highest BCUT2D eigenvalue weighted by Gasteiger charge is 2.20. The number of aliphatic hydroxyl groups is 1. The number of nitrogens with one attached hydrogen (secondary N) is 1. The van der Waals surface area contributed by atoms with Crippen LogP contribution in [0.4, 0.5) is 21.7 Å². The van der Waals surface area contributed by atoms with Crippen molar-refractivity contribution in [2.24, 2.45) is 0 Å². The van der Waals surface area contributed by atoms with Crippen LogP contribution in [-0.2, 0) is 11.3 Å². The Kier molecular flexibility index (Phi) is 5.12. The summed E-state index contributed by atoms with van der Waals surface area (Å²) in [6.45, 7) is 0.171. The number of aliphatic hydroxyl groups excluding tert-OH is 1. The van der Waals surface area contributed by atoms with Crippen LogP contribution in [0, 0.1) is 5.82 Å². The van der Waals surface area contributed by atoms with Gasteiger partial charge in [0.2, 0.25) is 6.41 Å². The van der Waals surface area contributed by atoms with Crippen LogP contribution in [0.2, 0.25) is 0 Å². The van der Waals surface area contributed by atoms with E-state index < -0.39 is 6.41 Å². The smallest absolute Gasteiger partial charge is 0.235 e. The molecule has 0 aliphatic heterocycles. The fourth-order valence-electron chi connectivity index (χ4n) is 3.01. The van der Waals surface area contributed by atoms with Crippen LogP contribution in [-0.4, -0.2) is 43.4 Å². The number of halogens is 1. The molecule has 0 radical (unpaired) electrons. The first-order chi connectivity index (χ1) is 14.5. The molecule has 0 aliphatic rings. The number of hydrogen-bond acceptors (Lipinski definition) is 9. The Balaban J connectivity index is 1.79. The molecule has 0 amide bonds. The van der Waals surface area contributed by atoms with Crippen LogP contribution in [0.1, 0.15) is 5.56 Å². The molecule has 0 bridgehead atoms. The molecule has 10 nitrogen and oxygen atoms in total. The Morgan fingerprint density at radius 1 is 1.17 bits per heavy atom. The fourth-order valence-corrected chi connectivity index (χ4v) is 3.01. The first-order valence-corrected chi connectivity index (χ1v) is 8.93. The molecule has 4 aromatic rings. The van der Waals surface area contributed by atoms with Crippen LogP contribution >= 0.6 is 0 Å². The summed E-state index contributed by atoms with van der Waals surface area (Å²) in [6, 6.07) is 10.00. The Morgan fingerprint density at radius 3 is 2.60 bits per heavy atom. The molecule has 0 saturated heterocycles. The van der Waals surface area contributed by atoms with Crippen molar-refractivity contribution in [3.63, 3.8) is 0 Å². The number of methoxy groups -OCH3 is 1. The molecule has 6 N–H and O–H groups in total. The van der Waals surface area contributed by atoms with Gasteiger partial charge in [-0.3, -0.25) is 0 Å². The van der Waals surface area contributed by atoms with E-state index in [1.54, 1.807) is 41.2 Å². The third-order valence-electron chi connectivity index (χ3n) is 4.45. The summed E-state index contributed by atoms with van der Waals surface area (Å²) in [7, 11) is 1.31. The van der Waals surface area contributed by atoms with Gasteiger partial charge in [-0.1, -0.05) is 18.2 Å². The zero-order valence-electron chi connectivity index (χ0n) is 16.0. The second kappa shape index (κ2) is 7.89. The van der Waals surface area contributed by atoms with Gasteiger partial charge in [0.15, 0.2) is 23.1 Å². The van der Waals surface area contributed by atoms with E-state index in [9.17, 15) is 9.50 Å². The van der Waals surface area contributed by atoms with Crippen LogP contribution in [0.15, 0.2) is 42.6 Å². The molecule has 0 spiro atoms. The summed E-state index contributed by atoms with van der Waals surface area (Å²) in [5, 5.41) is 17.4. The molecule has 4 rings (SSSR count). The lowest BCUT2D eigenvalue weighted by Gasteiger charge is -2.15. The molecule has 154 valence electrons. The van der Waals surface area contributed by atoms with Gasteiger partial charge in [-0.15, -0.1) is 0 Å². The molecule has 0 fully saturated rings. The monoisotopic (exact) mass is 410 g/mol. The van der Waals surface area contributed by atoms with E-state index in [1.165, 1.54) is 13.2 Å². The normalized spacial score (nSPS) is 12.2. The molecule has 1 atom stereocenters. The minimum Gasteiger partial charge on any atom is -0.382 e. The second-order valence-corrected chi connectivity index (χ2v) is 6.40. The Hall–Kier alpha value is -3.83. The molecule has 30 heavy (non-hydrogen) atoms. The zero-order chi connectivity index (χ0) is 21.3. The van der Waals surface area contributed by atoms with Crippen LogP contribution < -0.4 is 16.8 Å². The molecule has 1 unspecified atom stereocenters. The van der Waals surface area contributed by atoms with Gasteiger partial charge >= 0.3 is 0 Å². The molecular formula is C19H19FN8O2. The van der Waals surface area contributed by atoms with Crippen molar-refractivity contribution in [3.8, 4) is 11.5 Å². The Morgan fingerprint density at radius 2 is 1.90 bits per heavy atom. The summed E-state index contributed by atoms with van der Waals surface area (Å²) >= 11 is 0. The molecule has 0 saturated carbocycles. The van der Waals surface area contributed by atoms with E-state index in [0.29, 0.717) is 22.3 Å². The van der Waals surface area contributed by atoms with E-state index in [0.717, 1.165) is 0 Å². The summed E-state index contributed by atoms with van der Waals surface area (Å²) in [5.74, 6) is -0.146. The average Bonchev–Trinajstić information content (AvgIpc) is 3.10.